The van der Waals surface area contributed by atoms with E-state index < -0.39 is 0 Å². The number of amides is 1. The first kappa shape index (κ1) is 20.0. The van der Waals surface area contributed by atoms with Gasteiger partial charge in [-0.3, -0.25) is 4.79 Å². The molecule has 0 saturated heterocycles. The lowest BCUT2D eigenvalue weighted by molar-refractivity contribution is 0.0954. The Balaban J connectivity index is 1.28. The first-order valence-corrected chi connectivity index (χ1v) is 10.7. The Morgan fingerprint density at radius 1 is 0.844 bits per heavy atom. The molecule has 0 aliphatic carbocycles. The van der Waals surface area contributed by atoms with Gasteiger partial charge in [-0.15, -0.1) is 0 Å². The Morgan fingerprint density at radius 3 is 2.25 bits per heavy atom. The fourth-order valence-electron chi connectivity index (χ4n) is 3.82. The smallest absolute Gasteiger partial charge is 0.251 e. The molecule has 0 bridgehead atoms. The van der Waals surface area contributed by atoms with Crippen LogP contribution in [0.5, 0.6) is 0 Å². The molecule has 2 heterocycles. The molecule has 0 atom stereocenters. The highest BCUT2D eigenvalue weighted by Gasteiger charge is 2.11. The molecule has 160 valence electrons. The van der Waals surface area contributed by atoms with Gasteiger partial charge in [-0.2, -0.15) is 0 Å². The molecule has 0 saturated carbocycles. The fraction of sp³-hybridized carbons (Fsp3) is 0.160. The van der Waals surface area contributed by atoms with Gasteiger partial charge in [0.15, 0.2) is 0 Å². The summed E-state index contributed by atoms with van der Waals surface area (Å²) in [5.41, 5.74) is 12.1. The quantitative estimate of drug-likeness (QED) is 0.320. The number of hydrogen-bond donors (Lipinski definition) is 4. The van der Waals surface area contributed by atoms with E-state index in [1.54, 1.807) is 0 Å². The second-order valence-electron chi connectivity index (χ2n) is 7.82. The molecule has 0 aliphatic rings. The number of carbonyl (C=O) groups excluding carboxylic acids is 1. The Bertz CT molecular complexity index is 1390. The number of nitrogens with zero attached hydrogens (tertiary/aromatic N) is 2. The standard InChI is InChI=1S/C25H24N6O/c26-15-17-6-8-19-21(12-17)30-23(28-19)14-24-29-20-9-7-18(13-22(20)31-24)25(32)27-11-10-16-4-2-1-3-5-16/h1-9,12-13H,10-11,14-15,26H2,(H,27,32)(H,28,30)(H,29,31). The number of carbonyl (C=O) groups is 1. The van der Waals surface area contributed by atoms with Crippen molar-refractivity contribution in [1.29, 1.82) is 0 Å². The number of imidazole rings is 2. The minimum atomic E-state index is -0.0969. The summed E-state index contributed by atoms with van der Waals surface area (Å²) in [5.74, 6) is 1.52. The van der Waals surface area contributed by atoms with E-state index >= 15 is 0 Å². The van der Waals surface area contributed by atoms with Crippen molar-refractivity contribution in [2.24, 2.45) is 5.73 Å². The maximum Gasteiger partial charge on any atom is 0.251 e. The predicted octanol–water partition coefficient (Wildman–Crippen LogP) is 3.46. The van der Waals surface area contributed by atoms with Gasteiger partial charge in [-0.25, -0.2) is 9.97 Å². The predicted molar refractivity (Wildman–Crippen MR) is 125 cm³/mol. The molecule has 7 nitrogen and oxygen atoms in total. The number of H-pyrrole nitrogens is 2. The molecular formula is C25H24N6O. The molecule has 1 amide bonds. The molecule has 0 aliphatic heterocycles. The molecule has 7 heteroatoms. The van der Waals surface area contributed by atoms with E-state index in [4.69, 9.17) is 5.73 Å². The molecule has 2 aromatic heterocycles. The normalized spacial score (nSPS) is 11.3. The molecule has 0 fully saturated rings. The van der Waals surface area contributed by atoms with Gasteiger partial charge in [-0.1, -0.05) is 36.4 Å². The highest BCUT2D eigenvalue weighted by Crippen LogP contribution is 2.18. The van der Waals surface area contributed by atoms with Crippen LogP contribution in [0.3, 0.4) is 0 Å². The summed E-state index contributed by atoms with van der Waals surface area (Å²) in [5, 5.41) is 2.98. The van der Waals surface area contributed by atoms with Crippen molar-refractivity contribution in [2.45, 2.75) is 19.4 Å². The van der Waals surface area contributed by atoms with E-state index in [-0.39, 0.29) is 5.91 Å². The number of aromatic nitrogens is 4. The van der Waals surface area contributed by atoms with Crippen LogP contribution < -0.4 is 11.1 Å². The van der Waals surface area contributed by atoms with Gasteiger partial charge in [-0.05, 0) is 47.9 Å². The summed E-state index contributed by atoms with van der Waals surface area (Å²) in [4.78, 5) is 28.5. The van der Waals surface area contributed by atoms with E-state index in [1.807, 2.05) is 54.6 Å². The Hall–Kier alpha value is -3.97. The zero-order valence-corrected chi connectivity index (χ0v) is 17.6. The van der Waals surface area contributed by atoms with Crippen molar-refractivity contribution in [2.75, 3.05) is 6.54 Å². The molecule has 0 unspecified atom stereocenters. The number of fused-ring (bicyclic) bond motifs is 2. The molecule has 32 heavy (non-hydrogen) atoms. The van der Waals surface area contributed by atoms with Crippen LogP contribution in [-0.4, -0.2) is 32.4 Å². The second kappa shape index (κ2) is 8.64. The number of nitrogens with two attached hydrogens (primary N) is 1. The monoisotopic (exact) mass is 424 g/mol. The topological polar surface area (TPSA) is 112 Å². The Kier molecular flexibility index (Phi) is 5.39. The molecule has 5 rings (SSSR count). The van der Waals surface area contributed by atoms with E-state index in [1.165, 1.54) is 5.56 Å². The average molecular weight is 425 g/mol. The van der Waals surface area contributed by atoms with Crippen LogP contribution >= 0.6 is 0 Å². The van der Waals surface area contributed by atoms with E-state index in [9.17, 15) is 4.79 Å². The SMILES string of the molecule is NCc1ccc2[nH]c(Cc3nc4cc(C(=O)NCCc5ccccc5)ccc4[nH]3)nc2c1. The number of rotatable bonds is 7. The van der Waals surface area contributed by atoms with E-state index in [0.29, 0.717) is 25.1 Å². The lowest BCUT2D eigenvalue weighted by Gasteiger charge is -2.05. The van der Waals surface area contributed by atoms with Crippen molar-refractivity contribution in [3.63, 3.8) is 0 Å². The lowest BCUT2D eigenvalue weighted by atomic mass is 10.1. The highest BCUT2D eigenvalue weighted by molar-refractivity contribution is 5.97. The minimum Gasteiger partial charge on any atom is -0.352 e. The number of nitrogens with one attached hydrogen (secondary N) is 3. The molecule has 0 spiro atoms. The van der Waals surface area contributed by atoms with Crippen LogP contribution in [0.1, 0.15) is 33.1 Å². The second-order valence-corrected chi connectivity index (χ2v) is 7.82. The van der Waals surface area contributed by atoms with Gasteiger partial charge in [0.2, 0.25) is 0 Å². The third-order valence-corrected chi connectivity index (χ3v) is 5.50. The summed E-state index contributed by atoms with van der Waals surface area (Å²) in [6.07, 6.45) is 1.34. The maximum atomic E-state index is 12.6. The molecule has 5 aromatic rings. The van der Waals surface area contributed by atoms with E-state index in [0.717, 1.165) is 45.7 Å². The van der Waals surface area contributed by atoms with Crippen molar-refractivity contribution in [1.82, 2.24) is 25.3 Å². The Labute approximate surface area is 185 Å². The minimum absolute atomic E-state index is 0.0969. The zero-order valence-electron chi connectivity index (χ0n) is 17.6. The van der Waals surface area contributed by atoms with Crippen LogP contribution in [0.4, 0.5) is 0 Å². The van der Waals surface area contributed by atoms with Crippen molar-refractivity contribution in [3.05, 3.63) is 95.1 Å². The van der Waals surface area contributed by atoms with Crippen LogP contribution in [-0.2, 0) is 19.4 Å². The fourth-order valence-corrected chi connectivity index (χ4v) is 3.82. The summed E-state index contributed by atoms with van der Waals surface area (Å²) in [6, 6.07) is 21.6. The van der Waals surface area contributed by atoms with Gasteiger partial charge >= 0.3 is 0 Å². The first-order valence-electron chi connectivity index (χ1n) is 10.7. The van der Waals surface area contributed by atoms with Gasteiger partial charge < -0.3 is 21.0 Å². The van der Waals surface area contributed by atoms with Crippen molar-refractivity contribution in [3.8, 4) is 0 Å². The number of aromatic amines is 2. The summed E-state index contributed by atoms with van der Waals surface area (Å²) in [7, 11) is 0. The van der Waals surface area contributed by atoms with Crippen molar-refractivity contribution >= 4 is 28.0 Å². The van der Waals surface area contributed by atoms with Crippen LogP contribution in [0, 0.1) is 0 Å². The molecular weight excluding hydrogens is 400 g/mol. The lowest BCUT2D eigenvalue weighted by Crippen LogP contribution is -2.25. The molecule has 5 N–H and O–H groups in total. The van der Waals surface area contributed by atoms with Crippen LogP contribution in [0.25, 0.3) is 22.1 Å². The van der Waals surface area contributed by atoms with Gasteiger partial charge in [0, 0.05) is 18.7 Å². The number of hydrogen-bond acceptors (Lipinski definition) is 4. The third-order valence-electron chi connectivity index (χ3n) is 5.50. The summed E-state index contributed by atoms with van der Waals surface area (Å²) in [6.45, 7) is 1.08. The van der Waals surface area contributed by atoms with Gasteiger partial charge in [0.25, 0.3) is 5.91 Å². The molecule has 3 aromatic carbocycles. The number of benzene rings is 3. The zero-order chi connectivity index (χ0) is 21.9. The van der Waals surface area contributed by atoms with Crippen LogP contribution in [0.15, 0.2) is 66.7 Å². The summed E-state index contributed by atoms with van der Waals surface area (Å²) >= 11 is 0. The van der Waals surface area contributed by atoms with Gasteiger partial charge in [0.05, 0.1) is 28.5 Å². The molecule has 0 radical (unpaired) electrons. The third kappa shape index (κ3) is 4.24. The summed E-state index contributed by atoms with van der Waals surface area (Å²) < 4.78 is 0. The van der Waals surface area contributed by atoms with Crippen LogP contribution in [0.2, 0.25) is 0 Å². The van der Waals surface area contributed by atoms with Gasteiger partial charge in [0.1, 0.15) is 11.6 Å². The average Bonchev–Trinajstić information content (AvgIpc) is 3.41. The maximum absolute atomic E-state index is 12.6. The largest absolute Gasteiger partial charge is 0.352 e. The highest BCUT2D eigenvalue weighted by atomic mass is 16.1. The van der Waals surface area contributed by atoms with Crippen molar-refractivity contribution < 1.29 is 4.79 Å². The first-order chi connectivity index (χ1) is 15.7. The Morgan fingerprint density at radius 2 is 1.53 bits per heavy atom. The van der Waals surface area contributed by atoms with E-state index in [2.05, 4.69) is 37.4 Å².